The van der Waals surface area contributed by atoms with Gasteiger partial charge < -0.3 is 10.1 Å². The highest BCUT2D eigenvalue weighted by molar-refractivity contribution is 6.76. The average molecular weight is 577 g/mol. The van der Waals surface area contributed by atoms with Crippen molar-refractivity contribution in [3.8, 4) is 17.2 Å². The van der Waals surface area contributed by atoms with E-state index in [0.29, 0.717) is 28.4 Å². The zero-order valence-electron chi connectivity index (χ0n) is 23.8. The first-order valence-electron chi connectivity index (χ1n) is 14.2. The fourth-order valence-electron chi connectivity index (χ4n) is 6.37. The summed E-state index contributed by atoms with van der Waals surface area (Å²) in [7, 11) is 0.579. The van der Waals surface area contributed by atoms with Gasteiger partial charge in [-0.2, -0.15) is 5.26 Å². The number of halogens is 1. The third kappa shape index (κ3) is 4.61. The zero-order chi connectivity index (χ0) is 28.2. The molecule has 0 atom stereocenters. The molecular weight excluding hydrogens is 540 g/mol. The van der Waals surface area contributed by atoms with Gasteiger partial charge in [-0.3, -0.25) is 13.7 Å². The number of pyridine rings is 1. The van der Waals surface area contributed by atoms with Gasteiger partial charge in [0, 0.05) is 46.4 Å². The predicted octanol–water partition coefficient (Wildman–Crippen LogP) is 5.90. The number of hydrogen-bond acceptors (Lipinski definition) is 5. The summed E-state index contributed by atoms with van der Waals surface area (Å²) in [5.74, 6) is 0. The van der Waals surface area contributed by atoms with Crippen LogP contribution in [0, 0.1) is 16.7 Å². The van der Waals surface area contributed by atoms with Gasteiger partial charge in [0.15, 0.2) is 0 Å². The van der Waals surface area contributed by atoms with Crippen molar-refractivity contribution in [1.82, 2.24) is 24.0 Å². The molecule has 210 valence electrons. The lowest BCUT2D eigenvalue weighted by atomic mass is 9.68. The smallest absolute Gasteiger partial charge is 0.329 e. The van der Waals surface area contributed by atoms with Gasteiger partial charge >= 0.3 is 5.69 Å². The van der Waals surface area contributed by atoms with E-state index in [4.69, 9.17) is 21.3 Å². The van der Waals surface area contributed by atoms with Crippen molar-refractivity contribution < 1.29 is 4.74 Å². The molecule has 2 aliphatic rings. The second-order valence-corrected chi connectivity index (χ2v) is 18.8. The van der Waals surface area contributed by atoms with Crippen molar-refractivity contribution in [2.75, 3.05) is 19.7 Å². The lowest BCUT2D eigenvalue weighted by molar-refractivity contribution is 0.0843. The Labute approximate surface area is 240 Å². The summed E-state index contributed by atoms with van der Waals surface area (Å²) >= 11 is 7.16. The molecule has 3 aromatic heterocycles. The van der Waals surface area contributed by atoms with Crippen LogP contribution in [0.2, 0.25) is 30.8 Å². The predicted molar refractivity (Wildman–Crippen MR) is 163 cm³/mol. The minimum absolute atomic E-state index is 0.0157. The van der Waals surface area contributed by atoms with E-state index in [2.05, 4.69) is 31.0 Å². The number of aromatic nitrogens is 4. The van der Waals surface area contributed by atoms with Gasteiger partial charge in [0.1, 0.15) is 17.5 Å². The summed E-state index contributed by atoms with van der Waals surface area (Å²) in [6, 6.07) is 10.8. The van der Waals surface area contributed by atoms with E-state index >= 15 is 0 Å². The van der Waals surface area contributed by atoms with Crippen molar-refractivity contribution in [3.05, 3.63) is 51.7 Å². The van der Waals surface area contributed by atoms with E-state index in [9.17, 15) is 10.1 Å². The van der Waals surface area contributed by atoms with Crippen LogP contribution in [-0.2, 0) is 18.5 Å². The first-order valence-corrected chi connectivity index (χ1v) is 18.3. The lowest BCUT2D eigenvalue weighted by Crippen LogP contribution is -2.55. The molecule has 0 amide bonds. The molecule has 8 nitrogen and oxygen atoms in total. The van der Waals surface area contributed by atoms with Gasteiger partial charge in [0.25, 0.3) is 0 Å². The van der Waals surface area contributed by atoms with Gasteiger partial charge in [-0.1, -0.05) is 43.4 Å². The van der Waals surface area contributed by atoms with Gasteiger partial charge in [0.2, 0.25) is 0 Å². The van der Waals surface area contributed by atoms with Gasteiger partial charge in [-0.15, -0.1) is 0 Å². The van der Waals surface area contributed by atoms with Crippen LogP contribution >= 0.6 is 11.6 Å². The highest BCUT2D eigenvalue weighted by atomic mass is 35.5. The van der Waals surface area contributed by atoms with E-state index in [1.807, 2.05) is 28.3 Å². The quantitative estimate of drug-likeness (QED) is 0.218. The van der Waals surface area contributed by atoms with Crippen LogP contribution in [0.5, 0.6) is 0 Å². The van der Waals surface area contributed by atoms with Crippen molar-refractivity contribution in [1.29, 1.82) is 5.26 Å². The van der Waals surface area contributed by atoms with Crippen LogP contribution in [0.1, 0.15) is 37.3 Å². The number of nitrogens with one attached hydrogen (secondary N) is 1. The third-order valence-electron chi connectivity index (χ3n) is 8.96. The standard InChI is InChI=1S/C30H37ClN6O2Si/c1-35-23-16-34-28-25(26(23)37(29(35)38)22-9-11-30(12-10-22)17-33-18-30)24(21-7-5-20(15-32)6-8-21)27(31)36(28)19-39-13-14-40(2,3)4/h5-8,16,22,33H,9-14,17-19H2,1-4H3. The Kier molecular flexibility index (Phi) is 6.94. The summed E-state index contributed by atoms with van der Waals surface area (Å²) < 4.78 is 11.8. The molecule has 0 bridgehead atoms. The third-order valence-corrected chi connectivity index (χ3v) is 11.1. The molecule has 4 aromatic rings. The van der Waals surface area contributed by atoms with Gasteiger partial charge in [-0.25, -0.2) is 9.78 Å². The maximum Gasteiger partial charge on any atom is 0.329 e. The zero-order valence-corrected chi connectivity index (χ0v) is 25.5. The molecule has 0 unspecified atom stereocenters. The van der Waals surface area contributed by atoms with Crippen LogP contribution in [0.15, 0.2) is 35.3 Å². The van der Waals surface area contributed by atoms with Gasteiger partial charge in [0.05, 0.1) is 34.2 Å². The Morgan fingerprint density at radius 1 is 1.20 bits per heavy atom. The molecule has 10 heteroatoms. The summed E-state index contributed by atoms with van der Waals surface area (Å²) in [5, 5.41) is 14.2. The molecule has 40 heavy (non-hydrogen) atoms. The number of rotatable bonds is 7. The monoisotopic (exact) mass is 576 g/mol. The van der Waals surface area contributed by atoms with Crippen LogP contribution < -0.4 is 11.0 Å². The Morgan fingerprint density at radius 3 is 2.50 bits per heavy atom. The molecule has 4 heterocycles. The molecule has 1 N–H and O–H groups in total. The van der Waals surface area contributed by atoms with E-state index in [0.717, 1.165) is 72.4 Å². The van der Waals surface area contributed by atoms with E-state index in [1.165, 1.54) is 0 Å². The molecular formula is C30H37ClN6O2Si. The number of imidazole rings is 1. The van der Waals surface area contributed by atoms with E-state index in [1.54, 1.807) is 22.9 Å². The summed E-state index contributed by atoms with van der Waals surface area (Å²) in [4.78, 5) is 18.6. The first-order chi connectivity index (χ1) is 19.1. The van der Waals surface area contributed by atoms with Crippen LogP contribution in [0.3, 0.4) is 0 Å². The van der Waals surface area contributed by atoms with Gasteiger partial charge in [-0.05, 0) is 54.8 Å². The van der Waals surface area contributed by atoms with Crippen LogP contribution in [0.25, 0.3) is 33.2 Å². The highest BCUT2D eigenvalue weighted by Gasteiger charge is 2.41. The molecule has 1 aromatic carbocycles. The van der Waals surface area contributed by atoms with E-state index < -0.39 is 8.07 Å². The molecule has 0 radical (unpaired) electrons. The highest BCUT2D eigenvalue weighted by Crippen LogP contribution is 2.46. The van der Waals surface area contributed by atoms with Crippen molar-refractivity contribution >= 4 is 41.7 Å². The topological polar surface area (TPSA) is 89.8 Å². The maximum atomic E-state index is 13.8. The largest absolute Gasteiger partial charge is 0.361 e. The van der Waals surface area contributed by atoms with Crippen molar-refractivity contribution in [3.63, 3.8) is 0 Å². The summed E-state index contributed by atoms with van der Waals surface area (Å²) in [6.45, 7) is 10.1. The summed E-state index contributed by atoms with van der Waals surface area (Å²) in [6.07, 6.45) is 6.00. The minimum atomic E-state index is -1.25. The SMILES string of the molecule is Cn1c(=O)n(C2CCC3(CC2)CNC3)c2c3c(-c4ccc(C#N)cc4)c(Cl)n(COCC[Si](C)(C)C)c3ncc21. The number of benzene rings is 1. The molecule has 1 aliphatic carbocycles. The Balaban J connectivity index is 1.53. The average Bonchev–Trinajstić information content (AvgIpc) is 3.35. The normalized spacial score (nSPS) is 17.5. The second kappa shape index (κ2) is 10.2. The number of aryl methyl sites for hydroxylation is 1. The van der Waals surface area contributed by atoms with Crippen LogP contribution in [-0.4, -0.2) is 46.5 Å². The molecule has 6 rings (SSSR count). The van der Waals surface area contributed by atoms with Crippen molar-refractivity contribution in [2.24, 2.45) is 12.5 Å². The first kappa shape index (κ1) is 27.3. The fraction of sp³-hybridized carbons (Fsp3) is 0.500. The Hall–Kier alpha value is -2.90. The Bertz CT molecular complexity index is 1670. The molecule has 1 spiro atoms. The number of fused-ring (bicyclic) bond motifs is 3. The number of hydrogen-bond donors (Lipinski definition) is 1. The minimum Gasteiger partial charge on any atom is -0.361 e. The molecule has 1 saturated carbocycles. The number of nitrogens with zero attached hydrogens (tertiary/aromatic N) is 5. The van der Waals surface area contributed by atoms with E-state index in [-0.39, 0.29) is 18.5 Å². The lowest BCUT2D eigenvalue weighted by Gasteiger charge is -2.47. The Morgan fingerprint density at radius 2 is 1.90 bits per heavy atom. The fourth-order valence-corrected chi connectivity index (χ4v) is 7.46. The number of nitriles is 1. The number of ether oxygens (including phenoxy) is 1. The van der Waals surface area contributed by atoms with Crippen LogP contribution in [0.4, 0.5) is 0 Å². The van der Waals surface area contributed by atoms with Crippen molar-refractivity contribution in [2.45, 2.75) is 64.1 Å². The second-order valence-electron chi connectivity index (χ2n) is 12.9. The molecule has 1 aliphatic heterocycles. The molecule has 1 saturated heterocycles. The molecule has 2 fully saturated rings. The maximum absolute atomic E-state index is 13.8. The summed E-state index contributed by atoms with van der Waals surface area (Å²) in [5.41, 5.74) is 5.06.